The SMILES string of the molecule is CN1C2C=C(c3ccc(C(F)(F)F)cc3F)CC1COC2. The van der Waals surface area contributed by atoms with Crippen molar-refractivity contribution in [2.45, 2.75) is 24.7 Å². The van der Waals surface area contributed by atoms with Crippen LogP contribution in [0.15, 0.2) is 24.3 Å². The predicted octanol–water partition coefficient (Wildman–Crippen LogP) is 3.33. The van der Waals surface area contributed by atoms with E-state index in [9.17, 15) is 17.6 Å². The zero-order valence-electron chi connectivity index (χ0n) is 11.5. The highest BCUT2D eigenvalue weighted by molar-refractivity contribution is 5.68. The van der Waals surface area contributed by atoms with Crippen LogP contribution in [0.25, 0.3) is 5.57 Å². The molecule has 2 aliphatic rings. The molecular formula is C15H15F4NO. The van der Waals surface area contributed by atoms with Gasteiger partial charge >= 0.3 is 6.18 Å². The first-order valence-electron chi connectivity index (χ1n) is 6.74. The second-order valence-corrected chi connectivity index (χ2v) is 5.51. The van der Waals surface area contributed by atoms with E-state index in [1.54, 1.807) is 0 Å². The molecule has 0 N–H and O–H groups in total. The van der Waals surface area contributed by atoms with Gasteiger partial charge in [0.1, 0.15) is 5.82 Å². The molecule has 2 atom stereocenters. The van der Waals surface area contributed by atoms with Crippen molar-refractivity contribution in [1.29, 1.82) is 0 Å². The summed E-state index contributed by atoms with van der Waals surface area (Å²) in [4.78, 5) is 2.16. The molecule has 0 saturated carbocycles. The number of rotatable bonds is 1. The Hall–Kier alpha value is -1.40. The number of ether oxygens (including phenoxy) is 1. The van der Waals surface area contributed by atoms with Crippen LogP contribution in [-0.4, -0.2) is 37.2 Å². The maximum Gasteiger partial charge on any atom is 0.416 e. The Bertz CT molecular complexity index is 582. The van der Waals surface area contributed by atoms with E-state index in [0.29, 0.717) is 25.7 Å². The lowest BCUT2D eigenvalue weighted by atomic mass is 9.89. The Labute approximate surface area is 120 Å². The van der Waals surface area contributed by atoms with E-state index in [1.165, 1.54) is 6.07 Å². The number of fused-ring (bicyclic) bond motifs is 2. The van der Waals surface area contributed by atoms with Gasteiger partial charge in [0.15, 0.2) is 0 Å². The summed E-state index contributed by atoms with van der Waals surface area (Å²) in [6.07, 6.45) is -2.05. The van der Waals surface area contributed by atoms with E-state index in [1.807, 2.05) is 13.1 Å². The van der Waals surface area contributed by atoms with E-state index in [4.69, 9.17) is 4.74 Å². The first kappa shape index (κ1) is 14.5. The van der Waals surface area contributed by atoms with Crippen LogP contribution in [0.1, 0.15) is 17.5 Å². The Kier molecular flexibility index (Phi) is 3.53. The molecule has 0 amide bonds. The van der Waals surface area contributed by atoms with Gasteiger partial charge < -0.3 is 4.74 Å². The first-order chi connectivity index (χ1) is 9.86. The molecule has 1 aromatic carbocycles. The lowest BCUT2D eigenvalue weighted by Crippen LogP contribution is -2.51. The van der Waals surface area contributed by atoms with Crippen LogP contribution in [0.2, 0.25) is 0 Å². The second kappa shape index (κ2) is 5.10. The van der Waals surface area contributed by atoms with E-state index in [0.717, 1.165) is 11.6 Å². The summed E-state index contributed by atoms with van der Waals surface area (Å²) in [5, 5.41) is 0. The Morgan fingerprint density at radius 2 is 2.00 bits per heavy atom. The molecule has 0 aromatic heterocycles. The van der Waals surface area contributed by atoms with Crippen LogP contribution in [0, 0.1) is 5.82 Å². The number of hydrogen-bond acceptors (Lipinski definition) is 2. The van der Waals surface area contributed by atoms with Gasteiger partial charge in [-0.05, 0) is 31.2 Å². The summed E-state index contributed by atoms with van der Waals surface area (Å²) in [6.45, 7) is 1.09. The van der Waals surface area contributed by atoms with E-state index < -0.39 is 17.6 Å². The van der Waals surface area contributed by atoms with Crippen molar-refractivity contribution in [1.82, 2.24) is 4.90 Å². The molecule has 114 valence electrons. The van der Waals surface area contributed by atoms with Crippen molar-refractivity contribution in [3.8, 4) is 0 Å². The van der Waals surface area contributed by atoms with Crippen molar-refractivity contribution >= 4 is 5.57 Å². The molecule has 6 heteroatoms. The molecule has 1 saturated heterocycles. The van der Waals surface area contributed by atoms with Crippen molar-refractivity contribution in [3.05, 3.63) is 41.2 Å². The molecule has 2 nitrogen and oxygen atoms in total. The highest BCUT2D eigenvalue weighted by Crippen LogP contribution is 2.35. The topological polar surface area (TPSA) is 12.5 Å². The number of morpholine rings is 1. The van der Waals surface area contributed by atoms with Crippen LogP contribution in [0.4, 0.5) is 17.6 Å². The zero-order valence-corrected chi connectivity index (χ0v) is 11.5. The summed E-state index contributed by atoms with van der Waals surface area (Å²) in [5.74, 6) is -0.820. The summed E-state index contributed by atoms with van der Waals surface area (Å²) >= 11 is 0. The Morgan fingerprint density at radius 1 is 1.24 bits per heavy atom. The van der Waals surface area contributed by atoms with Crippen LogP contribution in [0.5, 0.6) is 0 Å². The van der Waals surface area contributed by atoms with Crippen molar-refractivity contribution in [2.24, 2.45) is 0 Å². The fraction of sp³-hybridized carbons (Fsp3) is 0.467. The van der Waals surface area contributed by atoms with Gasteiger partial charge in [0.25, 0.3) is 0 Å². The number of nitrogens with zero attached hydrogens (tertiary/aromatic N) is 1. The summed E-state index contributed by atoms with van der Waals surface area (Å²) < 4.78 is 57.2. The summed E-state index contributed by atoms with van der Waals surface area (Å²) in [7, 11) is 1.98. The molecule has 2 unspecified atom stereocenters. The van der Waals surface area contributed by atoms with Crippen molar-refractivity contribution in [2.75, 3.05) is 20.3 Å². The standard InChI is InChI=1S/C15H15F4NO/c1-20-11-4-9(5-12(20)8-21-7-11)13-3-2-10(6-14(13)16)15(17,18)19/h2-4,6,11-12H,5,7-8H2,1H3. The summed E-state index contributed by atoms with van der Waals surface area (Å²) in [5.41, 5.74) is 0.0615. The molecule has 0 radical (unpaired) electrons. The Balaban J connectivity index is 1.94. The normalized spacial score (nSPS) is 26.6. The number of alkyl halides is 3. The number of benzene rings is 1. The fourth-order valence-corrected chi connectivity index (χ4v) is 2.91. The third-order valence-corrected chi connectivity index (χ3v) is 4.19. The Morgan fingerprint density at radius 3 is 2.62 bits per heavy atom. The fourth-order valence-electron chi connectivity index (χ4n) is 2.91. The molecule has 0 aliphatic carbocycles. The smallest absolute Gasteiger partial charge is 0.378 e. The third kappa shape index (κ3) is 2.70. The van der Waals surface area contributed by atoms with Gasteiger partial charge in [-0.3, -0.25) is 4.90 Å². The van der Waals surface area contributed by atoms with Crippen molar-refractivity contribution < 1.29 is 22.3 Å². The summed E-state index contributed by atoms with van der Waals surface area (Å²) in [6, 6.07) is 2.93. The maximum absolute atomic E-state index is 14.1. The van der Waals surface area contributed by atoms with Gasteiger partial charge in [0.2, 0.25) is 0 Å². The number of halogens is 4. The number of likely N-dealkylation sites (N-methyl/N-ethyl adjacent to an activating group) is 1. The van der Waals surface area contributed by atoms with Crippen LogP contribution >= 0.6 is 0 Å². The van der Waals surface area contributed by atoms with Crippen LogP contribution in [-0.2, 0) is 10.9 Å². The first-order valence-corrected chi connectivity index (χ1v) is 6.74. The molecule has 21 heavy (non-hydrogen) atoms. The molecular weight excluding hydrogens is 286 g/mol. The van der Waals surface area contributed by atoms with Gasteiger partial charge in [-0.25, -0.2) is 4.39 Å². The van der Waals surface area contributed by atoms with Gasteiger partial charge in [-0.15, -0.1) is 0 Å². The molecule has 1 fully saturated rings. The molecule has 2 heterocycles. The van der Waals surface area contributed by atoms with Crippen molar-refractivity contribution in [3.63, 3.8) is 0 Å². The van der Waals surface area contributed by atoms with Crippen LogP contribution < -0.4 is 0 Å². The van der Waals surface area contributed by atoms with Gasteiger partial charge in [-0.1, -0.05) is 12.1 Å². The minimum Gasteiger partial charge on any atom is -0.378 e. The van der Waals surface area contributed by atoms with Gasteiger partial charge in [0.05, 0.1) is 24.8 Å². The van der Waals surface area contributed by atoms with Gasteiger partial charge in [-0.2, -0.15) is 13.2 Å². The molecule has 2 aliphatic heterocycles. The molecule has 1 aromatic rings. The minimum absolute atomic E-state index is 0.0502. The molecule has 2 bridgehead atoms. The quantitative estimate of drug-likeness (QED) is 0.738. The lowest BCUT2D eigenvalue weighted by molar-refractivity contribution is -0.137. The van der Waals surface area contributed by atoms with E-state index in [-0.39, 0.29) is 17.6 Å². The highest BCUT2D eigenvalue weighted by atomic mass is 19.4. The highest BCUT2D eigenvalue weighted by Gasteiger charge is 2.34. The molecule has 3 rings (SSSR count). The third-order valence-electron chi connectivity index (χ3n) is 4.19. The predicted molar refractivity (Wildman–Crippen MR) is 70.2 cm³/mol. The van der Waals surface area contributed by atoms with Gasteiger partial charge in [0, 0.05) is 11.6 Å². The van der Waals surface area contributed by atoms with Crippen LogP contribution in [0.3, 0.4) is 0 Å². The van der Waals surface area contributed by atoms with E-state index >= 15 is 0 Å². The average Bonchev–Trinajstić information content (AvgIpc) is 2.37. The number of hydrogen-bond donors (Lipinski definition) is 0. The van der Waals surface area contributed by atoms with E-state index in [2.05, 4.69) is 4.90 Å². The monoisotopic (exact) mass is 301 g/mol. The maximum atomic E-state index is 14.1. The lowest BCUT2D eigenvalue weighted by Gasteiger charge is -2.42. The minimum atomic E-state index is -4.52. The zero-order chi connectivity index (χ0) is 15.2. The largest absolute Gasteiger partial charge is 0.416 e. The molecule has 0 spiro atoms. The second-order valence-electron chi connectivity index (χ2n) is 5.51. The average molecular weight is 301 g/mol.